The van der Waals surface area contributed by atoms with E-state index in [1.165, 1.54) is 12.8 Å². The van der Waals surface area contributed by atoms with Gasteiger partial charge < -0.3 is 24.8 Å². The molecule has 0 bridgehead atoms. The van der Waals surface area contributed by atoms with Crippen LogP contribution in [0.15, 0.2) is 41.3 Å². The monoisotopic (exact) mass is 434 g/mol. The molecule has 0 saturated heterocycles. The maximum Gasteiger partial charge on any atom is -1.00 e. The first-order valence-electron chi connectivity index (χ1n) is 7.27. The molecule has 0 saturated carbocycles. The Hall–Kier alpha value is 0.857. The van der Waals surface area contributed by atoms with Gasteiger partial charge in [0.2, 0.25) is 0 Å². The third kappa shape index (κ3) is 5.46. The second-order valence-electron chi connectivity index (χ2n) is 7.62. The summed E-state index contributed by atoms with van der Waals surface area (Å²) in [6, 6.07) is 0. The Morgan fingerprint density at radius 3 is 1.33 bits per heavy atom. The summed E-state index contributed by atoms with van der Waals surface area (Å²) in [6.45, 7) is 15.0. The topological polar surface area (TPSA) is 0 Å². The van der Waals surface area contributed by atoms with Crippen molar-refractivity contribution in [2.45, 2.75) is 52.1 Å². The molecule has 0 atom stereocenters. The van der Waals surface area contributed by atoms with E-state index in [2.05, 4.69) is 63.6 Å². The van der Waals surface area contributed by atoms with Crippen molar-refractivity contribution in [3.63, 3.8) is 0 Å². The molecule has 5 heteroatoms. The molecule has 2 aliphatic rings. The van der Waals surface area contributed by atoms with E-state index >= 15 is 0 Å². The summed E-state index contributed by atoms with van der Waals surface area (Å²) < 4.78 is 3.77. The van der Waals surface area contributed by atoms with Crippen LogP contribution in [0.1, 0.15) is 12.8 Å². The van der Waals surface area contributed by atoms with Crippen molar-refractivity contribution in [1.29, 1.82) is 0 Å². The van der Waals surface area contributed by atoms with Gasteiger partial charge in [-0.1, -0.05) is 0 Å². The first kappa shape index (κ1) is 21.9. The molecule has 0 nitrogen and oxygen atoms in total. The minimum absolute atomic E-state index is 0. The molecule has 0 amide bonds. The molecule has 116 valence electrons. The fourth-order valence-electron chi connectivity index (χ4n) is 2.83. The second-order valence-corrected chi connectivity index (χ2v) is 21.3. The number of halogens is 2. The summed E-state index contributed by atoms with van der Waals surface area (Å²) in [5.74, 6) is 0. The van der Waals surface area contributed by atoms with E-state index in [0.29, 0.717) is 0 Å². The predicted molar refractivity (Wildman–Crippen MR) is 88.3 cm³/mol. The van der Waals surface area contributed by atoms with Crippen LogP contribution in [-0.2, 0) is 23.2 Å². The Balaban J connectivity index is 0.00000200. The van der Waals surface area contributed by atoms with E-state index in [1.807, 2.05) is 6.56 Å². The van der Waals surface area contributed by atoms with Gasteiger partial charge in [0.05, 0.1) is 0 Å². The van der Waals surface area contributed by atoms with Crippen LogP contribution in [0.25, 0.3) is 0 Å². The maximum atomic E-state index is 2.50. The van der Waals surface area contributed by atoms with Gasteiger partial charge in [-0.2, -0.15) is 0 Å². The van der Waals surface area contributed by atoms with Crippen molar-refractivity contribution in [1.82, 2.24) is 0 Å². The molecule has 0 aromatic carbocycles. The van der Waals surface area contributed by atoms with E-state index in [-0.39, 0.29) is 24.8 Å². The standard InChI is InChI=1S/2C8H13Si.2ClH.Zr/c2*1-9(2,3)8-6-4-5-7-8;;;/h2*4,6H,5H2,1-3H3;2*1H;/q;;;;+2/p-2. The van der Waals surface area contributed by atoms with Gasteiger partial charge in [-0.25, -0.2) is 0 Å². The van der Waals surface area contributed by atoms with Crippen molar-refractivity contribution in [2.24, 2.45) is 0 Å². The number of hydrogen-bond acceptors (Lipinski definition) is 0. The van der Waals surface area contributed by atoms with Crippen molar-refractivity contribution in [3.05, 3.63) is 41.3 Å². The molecule has 0 aromatic heterocycles. The van der Waals surface area contributed by atoms with Crippen molar-refractivity contribution in [3.8, 4) is 0 Å². The molecule has 0 radical (unpaired) electrons. The van der Waals surface area contributed by atoms with E-state index in [1.54, 1.807) is 10.4 Å². The van der Waals surface area contributed by atoms with Gasteiger partial charge in [0.25, 0.3) is 0 Å². The molecular formula is C16H26Cl2Si2Zr. The molecule has 21 heavy (non-hydrogen) atoms. The fraction of sp³-hybridized carbons (Fsp3) is 0.500. The van der Waals surface area contributed by atoms with Crippen molar-refractivity contribution >= 4 is 16.1 Å². The van der Waals surface area contributed by atoms with Crippen LogP contribution >= 0.6 is 0 Å². The quantitative estimate of drug-likeness (QED) is 0.510. The third-order valence-electron chi connectivity index (χ3n) is 3.78. The fourth-order valence-corrected chi connectivity index (χ4v) is 15.4. The van der Waals surface area contributed by atoms with Crippen LogP contribution in [0.4, 0.5) is 0 Å². The maximum absolute atomic E-state index is 2.50. The Morgan fingerprint density at radius 1 is 0.714 bits per heavy atom. The van der Waals surface area contributed by atoms with Crippen LogP contribution in [-0.4, -0.2) is 16.1 Å². The van der Waals surface area contributed by atoms with Gasteiger partial charge >= 0.3 is 133 Å². The first-order chi connectivity index (χ1) is 8.69. The summed E-state index contributed by atoms with van der Waals surface area (Å²) >= 11 is -0.505. The molecule has 0 N–H and O–H groups in total. The molecule has 0 heterocycles. The van der Waals surface area contributed by atoms with E-state index in [9.17, 15) is 0 Å². The van der Waals surface area contributed by atoms with E-state index in [4.69, 9.17) is 0 Å². The van der Waals surface area contributed by atoms with Crippen LogP contribution < -0.4 is 24.8 Å². The average molecular weight is 437 g/mol. The van der Waals surface area contributed by atoms with Crippen molar-refractivity contribution in [2.75, 3.05) is 0 Å². The van der Waals surface area contributed by atoms with Gasteiger partial charge in [0.1, 0.15) is 0 Å². The number of allylic oxidation sites excluding steroid dienone is 8. The molecule has 0 unspecified atom stereocenters. The Bertz CT molecular complexity index is 457. The summed E-state index contributed by atoms with van der Waals surface area (Å²) in [7, 11) is -2.25. The van der Waals surface area contributed by atoms with Crippen LogP contribution in [0.2, 0.25) is 39.3 Å². The molecule has 0 aromatic rings. The Morgan fingerprint density at radius 2 is 1.05 bits per heavy atom. The zero-order valence-electron chi connectivity index (χ0n) is 14.0. The number of rotatable bonds is 4. The average Bonchev–Trinajstić information content (AvgIpc) is 2.83. The summed E-state index contributed by atoms with van der Waals surface area (Å²) in [5.41, 5.74) is 0. The smallest absolute Gasteiger partial charge is 1.00 e. The van der Waals surface area contributed by atoms with Gasteiger partial charge in [0, 0.05) is 0 Å². The molecule has 2 aliphatic carbocycles. The van der Waals surface area contributed by atoms with Crippen LogP contribution in [0, 0.1) is 0 Å². The first-order valence-corrected chi connectivity index (χ1v) is 16.7. The largest absolute Gasteiger partial charge is 1.00 e. The SMILES string of the molecule is C[Si](C)(C)C1=[C]([Zr+2][C]2=C([Si](C)(C)C)C=CC2)CC=C1.[Cl-].[Cl-]. The van der Waals surface area contributed by atoms with E-state index < -0.39 is 39.4 Å². The van der Waals surface area contributed by atoms with Gasteiger partial charge in [0.15, 0.2) is 0 Å². The minimum atomic E-state index is -1.12. The second kappa shape index (κ2) is 8.10. The predicted octanol–water partition coefficient (Wildman–Crippen LogP) is -0.740. The zero-order chi connectivity index (χ0) is 14.3. The normalized spacial score (nSPS) is 17.8. The zero-order valence-corrected chi connectivity index (χ0v) is 19.9. The third-order valence-corrected chi connectivity index (χ3v) is 13.0. The molecule has 2 rings (SSSR count). The van der Waals surface area contributed by atoms with Gasteiger partial charge in [-0.15, -0.1) is 0 Å². The van der Waals surface area contributed by atoms with Crippen molar-refractivity contribution < 1.29 is 48.0 Å². The van der Waals surface area contributed by atoms with Crippen LogP contribution in [0.3, 0.4) is 0 Å². The van der Waals surface area contributed by atoms with E-state index in [0.717, 1.165) is 0 Å². The Kier molecular flexibility index (Phi) is 8.43. The van der Waals surface area contributed by atoms with Gasteiger partial charge in [-0.3, -0.25) is 0 Å². The van der Waals surface area contributed by atoms with Gasteiger partial charge in [-0.05, 0) is 0 Å². The Labute approximate surface area is 156 Å². The molecule has 0 fully saturated rings. The van der Waals surface area contributed by atoms with Crippen LogP contribution in [0.5, 0.6) is 0 Å². The molecular weight excluding hydrogens is 410 g/mol. The molecule has 0 spiro atoms. The summed E-state index contributed by atoms with van der Waals surface area (Å²) in [4.78, 5) is 0. The summed E-state index contributed by atoms with van der Waals surface area (Å²) in [5, 5.41) is 3.57. The minimum Gasteiger partial charge on any atom is -1.00 e. The molecule has 0 aliphatic heterocycles. The summed E-state index contributed by atoms with van der Waals surface area (Å²) in [6.07, 6.45) is 12.3. The number of hydrogen-bond donors (Lipinski definition) is 0.